The van der Waals surface area contributed by atoms with Crippen LogP contribution < -0.4 is 5.32 Å². The van der Waals surface area contributed by atoms with E-state index < -0.39 is 0 Å². The minimum Gasteiger partial charge on any atom is -0.392 e. The smallest absolute Gasteiger partial charge is 0.123 e. The first-order chi connectivity index (χ1) is 8.65. The molecule has 3 heteroatoms. The highest BCUT2D eigenvalue weighted by Crippen LogP contribution is 2.19. The Bertz CT molecular complexity index is 365. The monoisotopic (exact) mass is 251 g/mol. The molecule has 3 atom stereocenters. The van der Waals surface area contributed by atoms with Gasteiger partial charge in [0.15, 0.2) is 0 Å². The molecule has 2 rings (SSSR count). The molecule has 18 heavy (non-hydrogen) atoms. The van der Waals surface area contributed by atoms with Crippen LogP contribution in [0.25, 0.3) is 0 Å². The van der Waals surface area contributed by atoms with Crippen molar-refractivity contribution in [2.75, 3.05) is 0 Å². The second-order valence-corrected chi connectivity index (χ2v) is 5.36. The van der Waals surface area contributed by atoms with Crippen molar-refractivity contribution in [3.05, 3.63) is 35.6 Å². The van der Waals surface area contributed by atoms with E-state index in [9.17, 15) is 9.50 Å². The van der Waals surface area contributed by atoms with Crippen molar-refractivity contribution in [1.29, 1.82) is 0 Å². The lowest BCUT2D eigenvalue weighted by molar-refractivity contribution is 0.0859. The zero-order valence-electron chi connectivity index (χ0n) is 10.9. The molecule has 1 aliphatic rings. The van der Waals surface area contributed by atoms with Gasteiger partial charge in [-0.3, -0.25) is 0 Å². The molecule has 0 saturated heterocycles. The minimum absolute atomic E-state index is 0.193. The number of halogens is 1. The maximum atomic E-state index is 12.8. The highest BCUT2D eigenvalue weighted by molar-refractivity contribution is 5.17. The predicted molar refractivity (Wildman–Crippen MR) is 71.0 cm³/mol. The third kappa shape index (κ3) is 3.79. The lowest BCUT2D eigenvalue weighted by Gasteiger charge is -2.31. The summed E-state index contributed by atoms with van der Waals surface area (Å²) < 4.78 is 12.8. The molecule has 0 spiro atoms. The molecule has 1 aliphatic carbocycles. The molecule has 2 nitrogen and oxygen atoms in total. The number of benzene rings is 1. The number of aliphatic hydroxyl groups is 1. The van der Waals surface area contributed by atoms with Crippen molar-refractivity contribution in [3.63, 3.8) is 0 Å². The van der Waals surface area contributed by atoms with Gasteiger partial charge < -0.3 is 10.4 Å². The lowest BCUT2D eigenvalue weighted by atomic mass is 9.91. The van der Waals surface area contributed by atoms with Crippen LogP contribution in [0.15, 0.2) is 24.3 Å². The summed E-state index contributed by atoms with van der Waals surface area (Å²) in [4.78, 5) is 0. The van der Waals surface area contributed by atoms with Gasteiger partial charge in [-0.05, 0) is 43.9 Å². The molecular formula is C15H22FNO. The molecule has 0 amide bonds. The number of rotatable bonds is 4. The Kier molecular flexibility index (Phi) is 4.72. The largest absolute Gasteiger partial charge is 0.392 e. The maximum absolute atomic E-state index is 12.8. The topological polar surface area (TPSA) is 32.3 Å². The Balaban J connectivity index is 1.84. The predicted octanol–water partition coefficient (Wildman–Crippen LogP) is 2.65. The third-order valence-corrected chi connectivity index (χ3v) is 3.68. The van der Waals surface area contributed by atoms with Gasteiger partial charge >= 0.3 is 0 Å². The van der Waals surface area contributed by atoms with Crippen LogP contribution in [0.2, 0.25) is 0 Å². The first-order valence-corrected chi connectivity index (χ1v) is 6.83. The number of aliphatic hydroxyl groups excluding tert-OH is 1. The Morgan fingerprint density at radius 2 is 1.94 bits per heavy atom. The Hall–Kier alpha value is -0.930. The van der Waals surface area contributed by atoms with Gasteiger partial charge in [0.2, 0.25) is 0 Å². The SMILES string of the molecule is CC(Cc1ccc(F)cc1)N[C@@H]1CCCC[C@H]1O. The van der Waals surface area contributed by atoms with Crippen molar-refractivity contribution < 1.29 is 9.50 Å². The third-order valence-electron chi connectivity index (χ3n) is 3.68. The molecule has 1 unspecified atom stereocenters. The highest BCUT2D eigenvalue weighted by atomic mass is 19.1. The van der Waals surface area contributed by atoms with Crippen molar-refractivity contribution in [2.45, 2.75) is 57.2 Å². The van der Waals surface area contributed by atoms with Crippen LogP contribution in [0, 0.1) is 5.82 Å². The van der Waals surface area contributed by atoms with E-state index in [1.54, 1.807) is 0 Å². The first-order valence-electron chi connectivity index (χ1n) is 6.83. The van der Waals surface area contributed by atoms with Crippen molar-refractivity contribution in [1.82, 2.24) is 5.32 Å². The maximum Gasteiger partial charge on any atom is 0.123 e. The van der Waals surface area contributed by atoms with Crippen LogP contribution in [0.5, 0.6) is 0 Å². The minimum atomic E-state index is -0.214. The Morgan fingerprint density at radius 3 is 2.61 bits per heavy atom. The van der Waals surface area contributed by atoms with Crippen molar-refractivity contribution >= 4 is 0 Å². The van der Waals surface area contributed by atoms with E-state index in [-0.39, 0.29) is 18.0 Å². The average molecular weight is 251 g/mol. The molecule has 0 bridgehead atoms. The molecule has 1 saturated carbocycles. The zero-order chi connectivity index (χ0) is 13.0. The molecule has 0 heterocycles. The van der Waals surface area contributed by atoms with Crippen LogP contribution in [-0.4, -0.2) is 23.3 Å². The molecule has 2 N–H and O–H groups in total. The molecule has 1 aromatic rings. The summed E-state index contributed by atoms with van der Waals surface area (Å²) in [5, 5.41) is 13.4. The second-order valence-electron chi connectivity index (χ2n) is 5.36. The van der Waals surface area contributed by atoms with E-state index in [4.69, 9.17) is 0 Å². The van der Waals surface area contributed by atoms with Gasteiger partial charge in [-0.25, -0.2) is 4.39 Å². The summed E-state index contributed by atoms with van der Waals surface area (Å²) in [6, 6.07) is 7.16. The molecule has 1 aromatic carbocycles. The number of hydrogen-bond donors (Lipinski definition) is 2. The lowest BCUT2D eigenvalue weighted by Crippen LogP contribution is -2.46. The Labute approximate surface area is 108 Å². The van der Waals surface area contributed by atoms with Gasteiger partial charge in [0.1, 0.15) is 5.82 Å². The normalized spacial score (nSPS) is 25.9. The highest BCUT2D eigenvalue weighted by Gasteiger charge is 2.23. The van der Waals surface area contributed by atoms with Crippen LogP contribution in [0.1, 0.15) is 38.2 Å². The van der Waals surface area contributed by atoms with Gasteiger partial charge in [0.05, 0.1) is 6.10 Å². The van der Waals surface area contributed by atoms with E-state index >= 15 is 0 Å². The molecular weight excluding hydrogens is 229 g/mol. The van der Waals surface area contributed by atoms with Crippen LogP contribution >= 0.6 is 0 Å². The summed E-state index contributed by atoms with van der Waals surface area (Å²) in [5.41, 5.74) is 1.13. The average Bonchev–Trinajstić information content (AvgIpc) is 2.35. The first kappa shape index (κ1) is 13.5. The van der Waals surface area contributed by atoms with E-state index in [0.29, 0.717) is 6.04 Å². The van der Waals surface area contributed by atoms with E-state index in [2.05, 4.69) is 12.2 Å². The van der Waals surface area contributed by atoms with Gasteiger partial charge in [0.25, 0.3) is 0 Å². The van der Waals surface area contributed by atoms with Crippen molar-refractivity contribution in [3.8, 4) is 0 Å². The summed E-state index contributed by atoms with van der Waals surface area (Å²) in [5.74, 6) is -0.193. The van der Waals surface area contributed by atoms with Gasteiger partial charge in [-0.1, -0.05) is 25.0 Å². The van der Waals surface area contributed by atoms with Gasteiger partial charge in [0, 0.05) is 12.1 Å². The molecule has 0 aromatic heterocycles. The fourth-order valence-electron chi connectivity index (χ4n) is 2.70. The van der Waals surface area contributed by atoms with Crippen LogP contribution in [-0.2, 0) is 6.42 Å². The second kappa shape index (κ2) is 6.30. The fraction of sp³-hybridized carbons (Fsp3) is 0.600. The van der Waals surface area contributed by atoms with Crippen LogP contribution in [0.3, 0.4) is 0 Å². The summed E-state index contributed by atoms with van der Waals surface area (Å²) in [7, 11) is 0. The summed E-state index contributed by atoms with van der Waals surface area (Å²) in [6.07, 6.45) is 4.93. The number of hydrogen-bond acceptors (Lipinski definition) is 2. The molecule has 0 radical (unpaired) electrons. The zero-order valence-corrected chi connectivity index (χ0v) is 10.9. The van der Waals surface area contributed by atoms with E-state index in [1.807, 2.05) is 12.1 Å². The molecule has 100 valence electrons. The number of nitrogens with one attached hydrogen (secondary N) is 1. The quantitative estimate of drug-likeness (QED) is 0.862. The Morgan fingerprint density at radius 1 is 1.28 bits per heavy atom. The molecule has 0 aliphatic heterocycles. The summed E-state index contributed by atoms with van der Waals surface area (Å²) >= 11 is 0. The van der Waals surface area contributed by atoms with Gasteiger partial charge in [-0.2, -0.15) is 0 Å². The standard InChI is InChI=1S/C15H22FNO/c1-11(10-12-6-8-13(16)9-7-12)17-14-4-2-3-5-15(14)18/h6-9,11,14-15,17-18H,2-5,10H2,1H3/t11?,14-,15-/m1/s1. The summed E-state index contributed by atoms with van der Waals surface area (Å²) in [6.45, 7) is 2.12. The van der Waals surface area contributed by atoms with Crippen molar-refractivity contribution in [2.24, 2.45) is 0 Å². The van der Waals surface area contributed by atoms with E-state index in [1.165, 1.54) is 18.6 Å². The van der Waals surface area contributed by atoms with E-state index in [0.717, 1.165) is 31.2 Å². The fourth-order valence-corrected chi connectivity index (χ4v) is 2.70. The molecule has 1 fully saturated rings. The van der Waals surface area contributed by atoms with Gasteiger partial charge in [-0.15, -0.1) is 0 Å². The van der Waals surface area contributed by atoms with Crippen LogP contribution in [0.4, 0.5) is 4.39 Å².